The summed E-state index contributed by atoms with van der Waals surface area (Å²) in [6.07, 6.45) is 2.54. The highest BCUT2D eigenvalue weighted by Gasteiger charge is 2.59. The van der Waals surface area contributed by atoms with E-state index in [0.717, 1.165) is 30.5 Å². The van der Waals surface area contributed by atoms with E-state index in [2.05, 4.69) is 4.98 Å². The van der Waals surface area contributed by atoms with Crippen LogP contribution >= 0.6 is 0 Å². The standard InChI is InChI=1S/C18H24N2O4/c1-10-14(11(2)19-15(10)12(3)21)16(22)20-7-5-18(6-8-20)9-13(18)17(23)24-4/h13,19H,5-9H2,1-4H3. The van der Waals surface area contributed by atoms with Crippen molar-refractivity contribution in [3.63, 3.8) is 0 Å². The zero-order chi connectivity index (χ0) is 17.6. The highest BCUT2D eigenvalue weighted by Crippen LogP contribution is 2.59. The number of methoxy groups -OCH3 is 1. The van der Waals surface area contributed by atoms with Gasteiger partial charge in [0.05, 0.1) is 24.3 Å². The molecule has 130 valence electrons. The summed E-state index contributed by atoms with van der Waals surface area (Å²) in [5, 5.41) is 0. The lowest BCUT2D eigenvalue weighted by molar-refractivity contribution is -0.143. The van der Waals surface area contributed by atoms with Crippen LogP contribution in [0, 0.1) is 25.2 Å². The fourth-order valence-corrected chi connectivity index (χ4v) is 4.11. The molecule has 1 saturated carbocycles. The average Bonchev–Trinajstić information content (AvgIpc) is 3.16. The SMILES string of the molecule is COC(=O)C1CC12CCN(C(=O)c1c(C)[nH]c(C(C)=O)c1C)CC2. The summed E-state index contributed by atoms with van der Waals surface area (Å²) in [6.45, 7) is 6.42. The maximum absolute atomic E-state index is 12.9. The smallest absolute Gasteiger partial charge is 0.309 e. The number of rotatable bonds is 3. The Morgan fingerprint density at radius 3 is 2.33 bits per heavy atom. The number of nitrogens with zero attached hydrogens (tertiary/aromatic N) is 1. The number of H-pyrrole nitrogens is 1. The number of aromatic amines is 1. The number of carbonyl (C=O) groups excluding carboxylic acids is 3. The number of piperidine rings is 1. The molecule has 3 rings (SSSR count). The molecular formula is C18H24N2O4. The molecule has 2 heterocycles. The van der Waals surface area contributed by atoms with Gasteiger partial charge in [0, 0.05) is 25.7 Å². The highest BCUT2D eigenvalue weighted by molar-refractivity contribution is 6.02. The van der Waals surface area contributed by atoms with Gasteiger partial charge >= 0.3 is 5.97 Å². The minimum absolute atomic E-state index is 0.000187. The van der Waals surface area contributed by atoms with Crippen LogP contribution in [0.25, 0.3) is 0 Å². The molecule has 1 aromatic rings. The molecule has 1 N–H and O–H groups in total. The van der Waals surface area contributed by atoms with Crippen LogP contribution in [0.3, 0.4) is 0 Å². The molecule has 1 aliphatic carbocycles. The zero-order valence-electron chi connectivity index (χ0n) is 14.7. The van der Waals surface area contributed by atoms with Crippen LogP contribution in [0.15, 0.2) is 0 Å². The topological polar surface area (TPSA) is 79.5 Å². The molecule has 24 heavy (non-hydrogen) atoms. The molecule has 1 atom stereocenters. The fourth-order valence-electron chi connectivity index (χ4n) is 4.11. The molecule has 6 heteroatoms. The van der Waals surface area contributed by atoms with Gasteiger partial charge in [0.25, 0.3) is 5.91 Å². The summed E-state index contributed by atoms with van der Waals surface area (Å²) in [4.78, 5) is 41.1. The lowest BCUT2D eigenvalue weighted by Gasteiger charge is -2.33. The van der Waals surface area contributed by atoms with Crippen LogP contribution in [-0.4, -0.2) is 47.7 Å². The number of Topliss-reactive ketones (excluding diaryl/α,β-unsaturated/α-hetero) is 1. The number of amides is 1. The van der Waals surface area contributed by atoms with Gasteiger partial charge in [-0.1, -0.05) is 0 Å². The zero-order valence-corrected chi connectivity index (χ0v) is 14.7. The third kappa shape index (κ3) is 2.54. The van der Waals surface area contributed by atoms with Crippen molar-refractivity contribution < 1.29 is 19.1 Å². The Morgan fingerprint density at radius 1 is 1.21 bits per heavy atom. The normalized spacial score (nSPS) is 21.7. The minimum atomic E-state index is -0.127. The second-order valence-electron chi connectivity index (χ2n) is 7.12. The molecule has 6 nitrogen and oxygen atoms in total. The number of aryl methyl sites for hydroxylation is 1. The summed E-state index contributed by atoms with van der Waals surface area (Å²) >= 11 is 0. The first-order valence-corrected chi connectivity index (χ1v) is 8.38. The van der Waals surface area contributed by atoms with Crippen LogP contribution in [0.5, 0.6) is 0 Å². The summed E-state index contributed by atoms with van der Waals surface area (Å²) in [7, 11) is 1.43. The predicted octanol–water partition coefficient (Wildman–Crippen LogP) is 2.25. The lowest BCUT2D eigenvalue weighted by atomic mass is 9.90. The molecule has 2 fully saturated rings. The van der Waals surface area contributed by atoms with Crippen LogP contribution in [0.4, 0.5) is 0 Å². The van der Waals surface area contributed by atoms with Crippen molar-refractivity contribution in [1.29, 1.82) is 0 Å². The van der Waals surface area contributed by atoms with Crippen LogP contribution in [-0.2, 0) is 9.53 Å². The third-order valence-electron chi connectivity index (χ3n) is 5.73. The molecule has 1 unspecified atom stereocenters. The van der Waals surface area contributed by atoms with E-state index in [9.17, 15) is 14.4 Å². The van der Waals surface area contributed by atoms with Gasteiger partial charge in [-0.15, -0.1) is 0 Å². The summed E-state index contributed by atoms with van der Waals surface area (Å²) in [5.74, 6) is -0.219. The lowest BCUT2D eigenvalue weighted by Crippen LogP contribution is -2.40. The molecule has 1 saturated heterocycles. The van der Waals surface area contributed by atoms with Crippen molar-refractivity contribution in [3.8, 4) is 0 Å². The van der Waals surface area contributed by atoms with E-state index >= 15 is 0 Å². The molecule has 1 amide bonds. The van der Waals surface area contributed by atoms with E-state index in [1.54, 1.807) is 0 Å². The number of ether oxygens (including phenoxy) is 1. The Bertz CT molecular complexity index is 711. The summed E-state index contributed by atoms with van der Waals surface area (Å²) in [5.41, 5.74) is 2.62. The molecule has 1 aromatic heterocycles. The van der Waals surface area contributed by atoms with Gasteiger partial charge < -0.3 is 14.6 Å². The van der Waals surface area contributed by atoms with Crippen molar-refractivity contribution >= 4 is 17.7 Å². The number of aromatic nitrogens is 1. The Balaban J connectivity index is 1.71. The Morgan fingerprint density at radius 2 is 1.83 bits per heavy atom. The van der Waals surface area contributed by atoms with Crippen LogP contribution < -0.4 is 0 Å². The Labute approximate surface area is 141 Å². The first-order chi connectivity index (χ1) is 11.3. The predicted molar refractivity (Wildman–Crippen MR) is 88.0 cm³/mol. The molecule has 1 spiro atoms. The van der Waals surface area contributed by atoms with E-state index in [-0.39, 0.29) is 29.0 Å². The first-order valence-electron chi connectivity index (χ1n) is 8.38. The number of ketones is 1. The van der Waals surface area contributed by atoms with Gasteiger partial charge in [-0.05, 0) is 44.1 Å². The van der Waals surface area contributed by atoms with Gasteiger partial charge in [-0.3, -0.25) is 14.4 Å². The Hall–Kier alpha value is -2.11. The average molecular weight is 332 g/mol. The van der Waals surface area contributed by atoms with Crippen molar-refractivity contribution in [2.75, 3.05) is 20.2 Å². The number of esters is 1. The Kier molecular flexibility index (Phi) is 4.01. The van der Waals surface area contributed by atoms with Crippen molar-refractivity contribution in [2.45, 2.75) is 40.0 Å². The van der Waals surface area contributed by atoms with Gasteiger partial charge in [0.1, 0.15) is 0 Å². The van der Waals surface area contributed by atoms with Crippen molar-refractivity contribution in [1.82, 2.24) is 9.88 Å². The first kappa shape index (κ1) is 16.7. The molecule has 1 aliphatic heterocycles. The van der Waals surface area contributed by atoms with E-state index in [0.29, 0.717) is 24.3 Å². The minimum Gasteiger partial charge on any atom is -0.469 e. The number of carbonyl (C=O) groups is 3. The van der Waals surface area contributed by atoms with Gasteiger partial charge in [0.2, 0.25) is 0 Å². The number of likely N-dealkylation sites (tertiary alicyclic amines) is 1. The van der Waals surface area contributed by atoms with Crippen LogP contribution in [0.1, 0.15) is 58.3 Å². The molecular weight excluding hydrogens is 308 g/mol. The van der Waals surface area contributed by atoms with Gasteiger partial charge in [-0.25, -0.2) is 0 Å². The van der Waals surface area contributed by atoms with Gasteiger partial charge in [0.15, 0.2) is 5.78 Å². The third-order valence-corrected chi connectivity index (χ3v) is 5.73. The fraction of sp³-hybridized carbons (Fsp3) is 0.611. The molecule has 0 aromatic carbocycles. The van der Waals surface area contributed by atoms with Gasteiger partial charge in [-0.2, -0.15) is 0 Å². The number of nitrogens with one attached hydrogen (secondary N) is 1. The second-order valence-corrected chi connectivity index (χ2v) is 7.12. The van der Waals surface area contributed by atoms with E-state index in [4.69, 9.17) is 4.74 Å². The molecule has 0 radical (unpaired) electrons. The van der Waals surface area contributed by atoms with Crippen LogP contribution in [0.2, 0.25) is 0 Å². The quantitative estimate of drug-likeness (QED) is 0.680. The number of hydrogen-bond donors (Lipinski definition) is 1. The van der Waals surface area contributed by atoms with E-state index < -0.39 is 0 Å². The van der Waals surface area contributed by atoms with Crippen molar-refractivity contribution in [2.24, 2.45) is 11.3 Å². The molecule has 2 aliphatic rings. The molecule has 0 bridgehead atoms. The van der Waals surface area contributed by atoms with Crippen molar-refractivity contribution in [3.05, 3.63) is 22.5 Å². The maximum atomic E-state index is 12.9. The maximum Gasteiger partial charge on any atom is 0.309 e. The summed E-state index contributed by atoms with van der Waals surface area (Å²) in [6, 6.07) is 0. The largest absolute Gasteiger partial charge is 0.469 e. The second kappa shape index (κ2) is 5.76. The summed E-state index contributed by atoms with van der Waals surface area (Å²) < 4.78 is 4.85. The highest BCUT2D eigenvalue weighted by atomic mass is 16.5. The number of hydrogen-bond acceptors (Lipinski definition) is 4. The van der Waals surface area contributed by atoms with E-state index in [1.807, 2.05) is 18.7 Å². The monoisotopic (exact) mass is 332 g/mol. The van der Waals surface area contributed by atoms with E-state index in [1.165, 1.54) is 14.0 Å².